The van der Waals surface area contributed by atoms with Gasteiger partial charge in [0, 0.05) is 5.75 Å². The maximum absolute atomic E-state index is 10.7. The number of aldehydes is 1. The van der Waals surface area contributed by atoms with Gasteiger partial charge in [0.1, 0.15) is 6.29 Å². The molecular formula is C10H18OS3. The first-order valence-electron chi connectivity index (χ1n) is 5.33. The quantitative estimate of drug-likeness (QED) is 0.509. The van der Waals surface area contributed by atoms with Gasteiger partial charge in [-0.2, -0.15) is 0 Å². The zero-order valence-electron chi connectivity index (χ0n) is 8.44. The summed E-state index contributed by atoms with van der Waals surface area (Å²) in [5, 5.41) is 0.229. The lowest BCUT2D eigenvalue weighted by atomic mass is 10.1. The zero-order chi connectivity index (χ0) is 10.1. The lowest BCUT2D eigenvalue weighted by Gasteiger charge is -2.10. The van der Waals surface area contributed by atoms with Crippen molar-refractivity contribution in [2.45, 2.75) is 50.2 Å². The Bertz CT molecular complexity index is 140. The summed E-state index contributed by atoms with van der Waals surface area (Å²) in [6, 6.07) is 0. The molecule has 82 valence electrons. The Labute approximate surface area is 98.3 Å². The van der Waals surface area contributed by atoms with Crippen molar-refractivity contribution in [1.82, 2.24) is 0 Å². The van der Waals surface area contributed by atoms with E-state index in [0.29, 0.717) is 0 Å². The molecule has 0 radical (unpaired) electrons. The molecule has 1 nitrogen and oxygen atoms in total. The fourth-order valence-electron chi connectivity index (χ4n) is 1.46. The molecule has 1 heterocycles. The molecule has 1 saturated heterocycles. The molecule has 0 aromatic carbocycles. The summed E-state index contributed by atoms with van der Waals surface area (Å²) in [5.74, 6) is 1.24. The largest absolute Gasteiger partial charge is 0.302 e. The zero-order valence-corrected chi connectivity index (χ0v) is 10.9. The lowest BCUT2D eigenvalue weighted by molar-refractivity contribution is -0.107. The fraction of sp³-hybridized carbons (Fsp3) is 0.900. The Balaban J connectivity index is 2.20. The van der Waals surface area contributed by atoms with Gasteiger partial charge in [0.15, 0.2) is 0 Å². The van der Waals surface area contributed by atoms with E-state index in [4.69, 9.17) is 0 Å². The van der Waals surface area contributed by atoms with Gasteiger partial charge < -0.3 is 4.79 Å². The topological polar surface area (TPSA) is 17.1 Å². The molecule has 1 fully saturated rings. The molecule has 0 N–H and O–H groups in total. The SMILES string of the molecule is O=CC1CCCCCCCCSSS1. The second kappa shape index (κ2) is 8.98. The van der Waals surface area contributed by atoms with Gasteiger partial charge in [-0.1, -0.05) is 53.7 Å². The minimum atomic E-state index is 0.229. The number of carbonyl (C=O) groups is 1. The molecule has 0 aromatic rings. The van der Waals surface area contributed by atoms with E-state index in [1.54, 1.807) is 20.6 Å². The van der Waals surface area contributed by atoms with Gasteiger partial charge in [0.05, 0.1) is 5.25 Å². The minimum Gasteiger partial charge on any atom is -0.302 e. The average molecular weight is 250 g/mol. The predicted octanol–water partition coefficient (Wildman–Crippen LogP) is 4.33. The molecule has 4 heteroatoms. The third-order valence-corrected chi connectivity index (χ3v) is 6.89. The van der Waals surface area contributed by atoms with E-state index in [2.05, 4.69) is 0 Å². The molecule has 1 aliphatic rings. The van der Waals surface area contributed by atoms with Crippen molar-refractivity contribution < 1.29 is 4.79 Å². The van der Waals surface area contributed by atoms with Gasteiger partial charge in [-0.25, -0.2) is 0 Å². The van der Waals surface area contributed by atoms with Gasteiger partial charge in [0.2, 0.25) is 0 Å². The number of carbonyl (C=O) groups excluding carboxylic acids is 1. The summed E-state index contributed by atoms with van der Waals surface area (Å²) in [6.45, 7) is 0. The molecule has 0 saturated carbocycles. The third kappa shape index (κ3) is 6.25. The molecule has 0 bridgehead atoms. The molecule has 1 aliphatic heterocycles. The first kappa shape index (κ1) is 12.8. The summed E-state index contributed by atoms with van der Waals surface area (Å²) in [4.78, 5) is 10.7. The Morgan fingerprint density at radius 2 is 1.71 bits per heavy atom. The van der Waals surface area contributed by atoms with E-state index >= 15 is 0 Å². The van der Waals surface area contributed by atoms with E-state index in [9.17, 15) is 4.79 Å². The van der Waals surface area contributed by atoms with Crippen molar-refractivity contribution in [3.8, 4) is 0 Å². The predicted molar refractivity (Wildman–Crippen MR) is 69.8 cm³/mol. The van der Waals surface area contributed by atoms with Crippen molar-refractivity contribution in [2.24, 2.45) is 0 Å². The number of hydrogen-bond donors (Lipinski definition) is 0. The van der Waals surface area contributed by atoms with Crippen LogP contribution in [0.5, 0.6) is 0 Å². The van der Waals surface area contributed by atoms with Crippen LogP contribution < -0.4 is 0 Å². The smallest absolute Gasteiger partial charge is 0.133 e. The fourth-order valence-corrected chi connectivity index (χ4v) is 5.79. The van der Waals surface area contributed by atoms with Crippen LogP contribution in [0.4, 0.5) is 0 Å². The second-order valence-corrected chi connectivity index (χ2v) is 8.07. The first-order valence-corrected chi connectivity index (χ1v) is 9.05. The summed E-state index contributed by atoms with van der Waals surface area (Å²) < 4.78 is 0. The Morgan fingerprint density at radius 1 is 1.00 bits per heavy atom. The van der Waals surface area contributed by atoms with Crippen molar-refractivity contribution in [3.63, 3.8) is 0 Å². The highest BCUT2D eigenvalue weighted by molar-refractivity contribution is 9.09. The molecule has 14 heavy (non-hydrogen) atoms. The van der Waals surface area contributed by atoms with Gasteiger partial charge in [-0.3, -0.25) is 0 Å². The lowest BCUT2D eigenvalue weighted by Crippen LogP contribution is -2.02. The summed E-state index contributed by atoms with van der Waals surface area (Å²) in [7, 11) is 5.46. The highest BCUT2D eigenvalue weighted by Gasteiger charge is 2.08. The maximum atomic E-state index is 10.7. The summed E-state index contributed by atoms with van der Waals surface area (Å²) in [5.41, 5.74) is 0. The van der Waals surface area contributed by atoms with Crippen LogP contribution in [0, 0.1) is 0 Å². The number of hydrogen-bond acceptors (Lipinski definition) is 4. The van der Waals surface area contributed by atoms with Crippen molar-refractivity contribution in [1.29, 1.82) is 0 Å². The van der Waals surface area contributed by atoms with Crippen LogP contribution in [0.25, 0.3) is 0 Å². The van der Waals surface area contributed by atoms with Crippen LogP contribution in [0.15, 0.2) is 0 Å². The van der Waals surface area contributed by atoms with E-state index in [1.807, 2.05) is 10.8 Å². The highest BCUT2D eigenvalue weighted by atomic mass is 33.5. The van der Waals surface area contributed by atoms with Crippen LogP contribution in [0.3, 0.4) is 0 Å². The summed E-state index contributed by atoms with van der Waals surface area (Å²) in [6.07, 6.45) is 10.2. The van der Waals surface area contributed by atoms with E-state index in [0.717, 1.165) is 12.7 Å². The van der Waals surface area contributed by atoms with E-state index in [1.165, 1.54) is 44.3 Å². The molecule has 0 aromatic heterocycles. The first-order chi connectivity index (χ1) is 6.93. The van der Waals surface area contributed by atoms with Crippen LogP contribution in [0.1, 0.15) is 44.9 Å². The standard InChI is InChI=1S/C10H18OS3/c11-9-10-7-5-3-1-2-4-6-8-12-14-13-10/h9-10H,1-8H2. The van der Waals surface area contributed by atoms with Gasteiger partial charge in [-0.15, -0.1) is 0 Å². The monoisotopic (exact) mass is 250 g/mol. The molecule has 1 unspecified atom stereocenters. The highest BCUT2D eigenvalue weighted by Crippen LogP contribution is 2.39. The second-order valence-electron chi connectivity index (χ2n) is 3.57. The van der Waals surface area contributed by atoms with Crippen LogP contribution in [-0.4, -0.2) is 17.3 Å². The van der Waals surface area contributed by atoms with Gasteiger partial charge in [-0.05, 0) is 22.7 Å². The van der Waals surface area contributed by atoms with Crippen molar-refractivity contribution >= 4 is 37.7 Å². The number of rotatable bonds is 1. The Kier molecular flexibility index (Phi) is 8.21. The van der Waals surface area contributed by atoms with Crippen LogP contribution in [0.2, 0.25) is 0 Å². The van der Waals surface area contributed by atoms with E-state index < -0.39 is 0 Å². The molecule has 0 aliphatic carbocycles. The van der Waals surface area contributed by atoms with Crippen LogP contribution in [-0.2, 0) is 4.79 Å². The van der Waals surface area contributed by atoms with Gasteiger partial charge in [0.25, 0.3) is 0 Å². The van der Waals surface area contributed by atoms with Crippen molar-refractivity contribution in [3.05, 3.63) is 0 Å². The van der Waals surface area contributed by atoms with Crippen LogP contribution >= 0.6 is 31.4 Å². The maximum Gasteiger partial charge on any atom is 0.133 e. The Hall–Kier alpha value is 0.720. The third-order valence-electron chi connectivity index (χ3n) is 2.33. The Morgan fingerprint density at radius 3 is 2.50 bits per heavy atom. The molecular weight excluding hydrogens is 232 g/mol. The molecule has 1 rings (SSSR count). The average Bonchev–Trinajstić information content (AvgIpc) is 2.19. The summed E-state index contributed by atoms with van der Waals surface area (Å²) >= 11 is 0. The normalized spacial score (nSPS) is 27.3. The van der Waals surface area contributed by atoms with Gasteiger partial charge >= 0.3 is 0 Å². The minimum absolute atomic E-state index is 0.229. The molecule has 0 amide bonds. The molecule has 0 spiro atoms. The van der Waals surface area contributed by atoms with Crippen molar-refractivity contribution in [2.75, 3.05) is 5.75 Å². The van der Waals surface area contributed by atoms with E-state index in [-0.39, 0.29) is 5.25 Å². The molecule has 1 atom stereocenters.